The van der Waals surface area contributed by atoms with Crippen LogP contribution < -0.4 is 4.74 Å². The van der Waals surface area contributed by atoms with Crippen molar-refractivity contribution in [2.45, 2.75) is 18.7 Å². The van der Waals surface area contributed by atoms with E-state index in [2.05, 4.69) is 28.1 Å². The molecule has 2 aliphatic heterocycles. The Balaban J connectivity index is 1.65. The van der Waals surface area contributed by atoms with Crippen LogP contribution in [0.25, 0.3) is 0 Å². The zero-order valence-corrected chi connectivity index (χ0v) is 17.1. The summed E-state index contributed by atoms with van der Waals surface area (Å²) in [6.07, 6.45) is 0.181. The van der Waals surface area contributed by atoms with Gasteiger partial charge in [0.1, 0.15) is 11.6 Å². The van der Waals surface area contributed by atoms with Gasteiger partial charge in [0.25, 0.3) is 0 Å². The number of hydrazone groups is 1. The summed E-state index contributed by atoms with van der Waals surface area (Å²) in [5, 5.41) is 9.25. The van der Waals surface area contributed by atoms with E-state index in [0.29, 0.717) is 10.6 Å². The van der Waals surface area contributed by atoms with Crippen molar-refractivity contribution < 1.29 is 9.13 Å². The Bertz CT molecular complexity index is 1060. The molecule has 0 aliphatic carbocycles. The van der Waals surface area contributed by atoms with E-state index in [1.165, 1.54) is 12.1 Å². The van der Waals surface area contributed by atoms with Crippen LogP contribution in [-0.2, 0) is 0 Å². The van der Waals surface area contributed by atoms with E-state index < -0.39 is 6.23 Å². The molecule has 1 aromatic heterocycles. The number of halogens is 3. The monoisotopic (exact) mass is 462 g/mol. The molecule has 3 nitrogen and oxygen atoms in total. The summed E-state index contributed by atoms with van der Waals surface area (Å²) in [5.74, 6) is 0.421. The fourth-order valence-electron chi connectivity index (χ4n) is 3.56. The zero-order chi connectivity index (χ0) is 18.5. The first-order chi connectivity index (χ1) is 13.1. The lowest BCUT2D eigenvalue weighted by Gasteiger charge is -2.38. The third-order valence-electron chi connectivity index (χ3n) is 4.78. The molecule has 0 amide bonds. The van der Waals surface area contributed by atoms with E-state index in [4.69, 9.17) is 21.4 Å². The van der Waals surface area contributed by atoms with Gasteiger partial charge in [0.15, 0.2) is 0 Å². The Hall–Kier alpha value is -1.89. The smallest absolute Gasteiger partial charge is 0.215 e. The second-order valence-corrected chi connectivity index (χ2v) is 8.71. The van der Waals surface area contributed by atoms with Crippen molar-refractivity contribution in [2.75, 3.05) is 0 Å². The van der Waals surface area contributed by atoms with E-state index in [-0.39, 0.29) is 11.9 Å². The quantitative estimate of drug-likeness (QED) is 0.431. The fraction of sp³-hybridized carbons (Fsp3) is 0.150. The largest absolute Gasteiger partial charge is 0.464 e. The fourth-order valence-corrected chi connectivity index (χ4v) is 4.87. The predicted octanol–water partition coefficient (Wildman–Crippen LogP) is 6.55. The molecule has 2 aliphatic rings. The van der Waals surface area contributed by atoms with Crippen molar-refractivity contribution in [1.29, 1.82) is 0 Å². The molecular formula is C20H13BrClFN2OS. The van der Waals surface area contributed by atoms with Gasteiger partial charge in [-0.25, -0.2) is 9.40 Å². The first kappa shape index (κ1) is 17.2. The highest BCUT2D eigenvalue weighted by atomic mass is 79.9. The van der Waals surface area contributed by atoms with Crippen LogP contribution in [0.2, 0.25) is 5.02 Å². The van der Waals surface area contributed by atoms with Crippen LogP contribution in [-0.4, -0.2) is 10.7 Å². The SMILES string of the molecule is Fc1ccc(Cl)c(C2Oc3ccc(Br)cc3C3CC(c4cccs4)=NN32)c1. The standard InChI is InChI=1S/C20H13BrClFN2OS/c21-11-3-6-18-14(8-11)17-10-16(19-2-1-7-27-19)24-25(17)20(26-18)13-9-12(23)4-5-15(13)22/h1-9,17,20H,10H2. The van der Waals surface area contributed by atoms with Gasteiger partial charge < -0.3 is 4.74 Å². The number of benzene rings is 2. The molecule has 7 heteroatoms. The Morgan fingerprint density at radius 3 is 2.89 bits per heavy atom. The molecule has 0 saturated heterocycles. The van der Waals surface area contributed by atoms with Gasteiger partial charge in [-0.05, 0) is 47.8 Å². The normalized spacial score (nSPS) is 20.7. The molecular weight excluding hydrogens is 451 g/mol. The molecule has 0 bridgehead atoms. The third kappa shape index (κ3) is 2.96. The van der Waals surface area contributed by atoms with Crippen molar-refractivity contribution in [1.82, 2.24) is 5.01 Å². The molecule has 0 N–H and O–H groups in total. The van der Waals surface area contributed by atoms with Crippen molar-refractivity contribution >= 4 is 44.6 Å². The molecule has 136 valence electrons. The lowest BCUT2D eigenvalue weighted by atomic mass is 9.97. The van der Waals surface area contributed by atoms with Crippen LogP contribution in [0.4, 0.5) is 4.39 Å². The van der Waals surface area contributed by atoms with Gasteiger partial charge in [-0.15, -0.1) is 11.3 Å². The summed E-state index contributed by atoms with van der Waals surface area (Å²) >= 11 is 11.6. The minimum absolute atomic E-state index is 0.00711. The van der Waals surface area contributed by atoms with Gasteiger partial charge >= 0.3 is 0 Å². The van der Waals surface area contributed by atoms with Crippen molar-refractivity contribution in [3.63, 3.8) is 0 Å². The van der Waals surface area contributed by atoms with E-state index in [1.807, 2.05) is 28.6 Å². The van der Waals surface area contributed by atoms with E-state index in [1.54, 1.807) is 17.4 Å². The summed E-state index contributed by atoms with van der Waals surface area (Å²) in [5.41, 5.74) is 2.64. The summed E-state index contributed by atoms with van der Waals surface area (Å²) in [6.45, 7) is 0. The summed E-state index contributed by atoms with van der Waals surface area (Å²) < 4.78 is 21.1. The molecule has 2 atom stereocenters. The zero-order valence-electron chi connectivity index (χ0n) is 13.9. The first-order valence-electron chi connectivity index (χ1n) is 8.41. The Kier molecular flexibility index (Phi) is 4.22. The van der Waals surface area contributed by atoms with E-state index in [0.717, 1.165) is 32.8 Å². The summed E-state index contributed by atoms with van der Waals surface area (Å²) in [4.78, 5) is 1.13. The van der Waals surface area contributed by atoms with Crippen LogP contribution in [0.5, 0.6) is 5.75 Å². The number of ether oxygens (including phenoxy) is 1. The first-order valence-corrected chi connectivity index (χ1v) is 10.5. The highest BCUT2D eigenvalue weighted by Gasteiger charge is 2.42. The predicted molar refractivity (Wildman–Crippen MR) is 109 cm³/mol. The molecule has 3 heterocycles. The molecule has 27 heavy (non-hydrogen) atoms. The van der Waals surface area contributed by atoms with Crippen molar-refractivity contribution in [3.8, 4) is 5.75 Å². The van der Waals surface area contributed by atoms with Crippen LogP contribution in [0, 0.1) is 5.82 Å². The summed E-state index contributed by atoms with van der Waals surface area (Å²) in [7, 11) is 0. The lowest BCUT2D eigenvalue weighted by Crippen LogP contribution is -2.34. The number of nitrogens with zero attached hydrogens (tertiary/aromatic N) is 2. The molecule has 2 unspecified atom stereocenters. The molecule has 3 aromatic rings. The van der Waals surface area contributed by atoms with Gasteiger partial charge in [0, 0.05) is 27.0 Å². The maximum Gasteiger partial charge on any atom is 0.215 e. The number of hydrogen-bond donors (Lipinski definition) is 0. The average Bonchev–Trinajstić information content (AvgIpc) is 3.32. The van der Waals surface area contributed by atoms with E-state index in [9.17, 15) is 4.39 Å². The van der Waals surface area contributed by atoms with Gasteiger partial charge in [-0.3, -0.25) is 0 Å². The van der Waals surface area contributed by atoms with Crippen LogP contribution >= 0.6 is 38.9 Å². The maximum absolute atomic E-state index is 13.9. The number of fused-ring (bicyclic) bond motifs is 3. The summed E-state index contributed by atoms with van der Waals surface area (Å²) in [6, 6.07) is 14.3. The molecule has 0 fully saturated rings. The molecule has 0 spiro atoms. The van der Waals surface area contributed by atoms with Crippen LogP contribution in [0.15, 0.2) is 63.5 Å². The van der Waals surface area contributed by atoms with Crippen LogP contribution in [0.3, 0.4) is 0 Å². The van der Waals surface area contributed by atoms with Gasteiger partial charge in [0.05, 0.1) is 16.6 Å². The average molecular weight is 464 g/mol. The molecule has 2 aromatic carbocycles. The van der Waals surface area contributed by atoms with E-state index >= 15 is 0 Å². The minimum Gasteiger partial charge on any atom is -0.464 e. The highest BCUT2D eigenvalue weighted by molar-refractivity contribution is 9.10. The Morgan fingerprint density at radius 2 is 2.07 bits per heavy atom. The molecule has 5 rings (SSSR count). The topological polar surface area (TPSA) is 24.8 Å². The van der Waals surface area contributed by atoms with Crippen LogP contribution in [0.1, 0.15) is 34.7 Å². The highest BCUT2D eigenvalue weighted by Crippen LogP contribution is 2.49. The van der Waals surface area contributed by atoms with Gasteiger partial charge in [-0.1, -0.05) is 33.6 Å². The Morgan fingerprint density at radius 1 is 1.19 bits per heavy atom. The minimum atomic E-state index is -0.579. The third-order valence-corrected chi connectivity index (χ3v) is 6.54. The lowest BCUT2D eigenvalue weighted by molar-refractivity contribution is -0.0191. The maximum atomic E-state index is 13.9. The van der Waals surface area contributed by atoms with Gasteiger partial charge in [0.2, 0.25) is 6.23 Å². The number of hydrogen-bond acceptors (Lipinski definition) is 4. The number of rotatable bonds is 2. The van der Waals surface area contributed by atoms with Crippen molar-refractivity contribution in [2.24, 2.45) is 5.10 Å². The number of thiophene rings is 1. The molecule has 0 saturated carbocycles. The second kappa shape index (κ2) is 6.62. The molecule has 0 radical (unpaired) electrons. The Labute approximate surface area is 173 Å². The second-order valence-electron chi connectivity index (χ2n) is 6.44. The van der Waals surface area contributed by atoms with Crippen molar-refractivity contribution in [3.05, 3.63) is 85.2 Å². The van der Waals surface area contributed by atoms with Gasteiger partial charge in [-0.2, -0.15) is 5.10 Å².